The Bertz CT molecular complexity index is 591. The number of hydrogen-bond donors (Lipinski definition) is 1. The highest BCUT2D eigenvalue weighted by Gasteiger charge is 2.30. The van der Waals surface area contributed by atoms with E-state index in [4.69, 9.17) is 5.73 Å². The van der Waals surface area contributed by atoms with Crippen molar-refractivity contribution in [3.63, 3.8) is 0 Å². The zero-order chi connectivity index (χ0) is 12.8. The van der Waals surface area contributed by atoms with Crippen LogP contribution < -0.4 is 10.6 Å². The summed E-state index contributed by atoms with van der Waals surface area (Å²) in [5, 5.41) is 1.09. The number of hydrogen-bond acceptors (Lipinski definition) is 4. The minimum atomic E-state index is 0.366. The van der Waals surface area contributed by atoms with Gasteiger partial charge in [0.1, 0.15) is 12.1 Å². The van der Waals surface area contributed by atoms with Crippen molar-refractivity contribution in [2.45, 2.75) is 20.3 Å². The van der Waals surface area contributed by atoms with E-state index in [-0.39, 0.29) is 0 Å². The van der Waals surface area contributed by atoms with Gasteiger partial charge in [-0.25, -0.2) is 9.97 Å². The van der Waals surface area contributed by atoms with Crippen LogP contribution in [0.5, 0.6) is 0 Å². The smallest absolute Gasteiger partial charge is 0.139 e. The highest BCUT2D eigenvalue weighted by molar-refractivity contribution is 5.91. The van der Waals surface area contributed by atoms with Crippen LogP contribution in [-0.2, 0) is 0 Å². The summed E-state index contributed by atoms with van der Waals surface area (Å²) < 4.78 is 0. The van der Waals surface area contributed by atoms with Crippen LogP contribution in [0.1, 0.15) is 20.3 Å². The molecule has 0 spiro atoms. The summed E-state index contributed by atoms with van der Waals surface area (Å²) >= 11 is 0. The zero-order valence-electron chi connectivity index (χ0n) is 10.8. The Labute approximate surface area is 107 Å². The van der Waals surface area contributed by atoms with Gasteiger partial charge in [0, 0.05) is 24.2 Å². The largest absolute Gasteiger partial charge is 0.399 e. The van der Waals surface area contributed by atoms with E-state index in [0.29, 0.717) is 5.41 Å². The fourth-order valence-corrected chi connectivity index (χ4v) is 2.61. The molecule has 1 saturated heterocycles. The van der Waals surface area contributed by atoms with Crippen molar-refractivity contribution in [2.24, 2.45) is 5.41 Å². The van der Waals surface area contributed by atoms with Crippen LogP contribution in [-0.4, -0.2) is 23.1 Å². The standard InChI is InChI=1S/C14H18N4/c1-14(2)5-6-18(8-14)13-11-4-3-10(15)7-12(11)16-9-17-13/h3-4,7,9H,5-6,8,15H2,1-2H3. The van der Waals surface area contributed by atoms with Crippen molar-refractivity contribution in [2.75, 3.05) is 23.7 Å². The third-order valence-corrected chi connectivity index (χ3v) is 3.62. The fourth-order valence-electron chi connectivity index (χ4n) is 2.61. The molecule has 1 aliphatic heterocycles. The van der Waals surface area contributed by atoms with Crippen LogP contribution in [0.4, 0.5) is 11.5 Å². The molecule has 3 rings (SSSR count). The van der Waals surface area contributed by atoms with Crippen LogP contribution in [0.2, 0.25) is 0 Å². The van der Waals surface area contributed by atoms with E-state index in [1.165, 1.54) is 6.42 Å². The van der Waals surface area contributed by atoms with Gasteiger partial charge < -0.3 is 10.6 Å². The average molecular weight is 242 g/mol. The Hall–Kier alpha value is -1.84. The fraction of sp³-hybridized carbons (Fsp3) is 0.429. The van der Waals surface area contributed by atoms with E-state index in [0.717, 1.165) is 35.5 Å². The van der Waals surface area contributed by atoms with E-state index >= 15 is 0 Å². The maximum absolute atomic E-state index is 5.80. The molecule has 0 saturated carbocycles. The predicted octanol–water partition coefficient (Wildman–Crippen LogP) is 2.45. The van der Waals surface area contributed by atoms with E-state index in [2.05, 4.69) is 28.7 Å². The number of aromatic nitrogens is 2. The molecule has 1 aromatic carbocycles. The van der Waals surface area contributed by atoms with Gasteiger partial charge in [0.05, 0.1) is 5.52 Å². The lowest BCUT2D eigenvalue weighted by atomic mass is 9.93. The summed E-state index contributed by atoms with van der Waals surface area (Å²) in [5.41, 5.74) is 7.83. The number of fused-ring (bicyclic) bond motifs is 1. The van der Waals surface area contributed by atoms with Gasteiger partial charge in [0.15, 0.2) is 0 Å². The van der Waals surface area contributed by atoms with Crippen molar-refractivity contribution in [3.8, 4) is 0 Å². The lowest BCUT2D eigenvalue weighted by molar-refractivity contribution is 0.418. The summed E-state index contributed by atoms with van der Waals surface area (Å²) in [6.45, 7) is 6.70. The molecule has 1 aromatic heterocycles. The molecule has 0 bridgehead atoms. The molecule has 4 nitrogen and oxygen atoms in total. The van der Waals surface area contributed by atoms with Crippen LogP contribution in [0.15, 0.2) is 24.5 Å². The Morgan fingerprint density at radius 3 is 2.83 bits per heavy atom. The number of benzene rings is 1. The van der Waals surface area contributed by atoms with Gasteiger partial charge in [0.25, 0.3) is 0 Å². The van der Waals surface area contributed by atoms with Gasteiger partial charge in [-0.1, -0.05) is 13.8 Å². The Balaban J connectivity index is 2.07. The quantitative estimate of drug-likeness (QED) is 0.780. The summed E-state index contributed by atoms with van der Waals surface area (Å²) in [6.07, 6.45) is 2.83. The number of nitrogens with two attached hydrogens (primary N) is 1. The summed E-state index contributed by atoms with van der Waals surface area (Å²) in [4.78, 5) is 11.1. The first-order valence-corrected chi connectivity index (χ1v) is 6.30. The summed E-state index contributed by atoms with van der Waals surface area (Å²) in [7, 11) is 0. The van der Waals surface area contributed by atoms with Gasteiger partial charge in [-0.2, -0.15) is 0 Å². The molecule has 18 heavy (non-hydrogen) atoms. The maximum Gasteiger partial charge on any atom is 0.139 e. The number of anilines is 2. The van der Waals surface area contributed by atoms with Crippen LogP contribution in [0.3, 0.4) is 0 Å². The maximum atomic E-state index is 5.80. The lowest BCUT2D eigenvalue weighted by Crippen LogP contribution is -2.23. The second kappa shape index (κ2) is 3.83. The number of nitrogens with zero attached hydrogens (tertiary/aromatic N) is 3. The molecule has 0 unspecified atom stereocenters. The van der Waals surface area contributed by atoms with Gasteiger partial charge in [-0.3, -0.25) is 0 Å². The molecule has 94 valence electrons. The summed E-state index contributed by atoms with van der Waals surface area (Å²) in [5.74, 6) is 1.03. The molecule has 0 aliphatic carbocycles. The van der Waals surface area contributed by atoms with Gasteiger partial charge in [0.2, 0.25) is 0 Å². The third-order valence-electron chi connectivity index (χ3n) is 3.62. The second-order valence-corrected chi connectivity index (χ2v) is 5.81. The molecule has 1 fully saturated rings. The van der Waals surface area contributed by atoms with Gasteiger partial charge in [-0.05, 0) is 30.0 Å². The molecule has 0 atom stereocenters. The predicted molar refractivity (Wildman–Crippen MR) is 74.6 cm³/mol. The molecular formula is C14H18N4. The monoisotopic (exact) mass is 242 g/mol. The van der Waals surface area contributed by atoms with Crippen molar-refractivity contribution >= 4 is 22.4 Å². The molecule has 0 amide bonds. The third kappa shape index (κ3) is 1.88. The van der Waals surface area contributed by atoms with Crippen molar-refractivity contribution in [1.29, 1.82) is 0 Å². The molecule has 4 heteroatoms. The Kier molecular flexibility index (Phi) is 2.40. The highest BCUT2D eigenvalue weighted by atomic mass is 15.2. The first kappa shape index (κ1) is 11.3. The molecule has 2 heterocycles. The van der Waals surface area contributed by atoms with Crippen molar-refractivity contribution < 1.29 is 0 Å². The van der Waals surface area contributed by atoms with E-state index in [1.54, 1.807) is 6.33 Å². The highest BCUT2D eigenvalue weighted by Crippen LogP contribution is 2.34. The topological polar surface area (TPSA) is 55.0 Å². The lowest BCUT2D eigenvalue weighted by Gasteiger charge is -2.21. The normalized spacial score (nSPS) is 18.4. The molecule has 1 aliphatic rings. The SMILES string of the molecule is CC1(C)CCN(c2ncnc3cc(N)ccc23)C1. The Morgan fingerprint density at radius 2 is 2.11 bits per heavy atom. The average Bonchev–Trinajstić information content (AvgIpc) is 2.68. The van der Waals surface area contributed by atoms with Crippen LogP contribution in [0.25, 0.3) is 10.9 Å². The van der Waals surface area contributed by atoms with Crippen molar-refractivity contribution in [1.82, 2.24) is 9.97 Å². The second-order valence-electron chi connectivity index (χ2n) is 5.81. The summed E-state index contributed by atoms with van der Waals surface area (Å²) in [6, 6.07) is 5.84. The molecular weight excluding hydrogens is 224 g/mol. The van der Waals surface area contributed by atoms with Gasteiger partial charge >= 0.3 is 0 Å². The molecule has 2 N–H and O–H groups in total. The van der Waals surface area contributed by atoms with Gasteiger partial charge in [-0.15, -0.1) is 0 Å². The first-order chi connectivity index (χ1) is 8.55. The van der Waals surface area contributed by atoms with E-state index < -0.39 is 0 Å². The van der Waals surface area contributed by atoms with E-state index in [1.807, 2.05) is 18.2 Å². The molecule has 2 aromatic rings. The number of rotatable bonds is 1. The minimum absolute atomic E-state index is 0.366. The number of nitrogen functional groups attached to an aromatic ring is 1. The van der Waals surface area contributed by atoms with Crippen molar-refractivity contribution in [3.05, 3.63) is 24.5 Å². The van der Waals surface area contributed by atoms with E-state index in [9.17, 15) is 0 Å². The molecule has 0 radical (unpaired) electrons. The Morgan fingerprint density at radius 1 is 1.28 bits per heavy atom. The van der Waals surface area contributed by atoms with Crippen LogP contribution >= 0.6 is 0 Å². The minimum Gasteiger partial charge on any atom is -0.399 e. The first-order valence-electron chi connectivity index (χ1n) is 6.30. The van der Waals surface area contributed by atoms with Crippen LogP contribution in [0, 0.1) is 5.41 Å². The zero-order valence-corrected chi connectivity index (χ0v) is 10.8.